The number of furan rings is 1. The molecule has 0 amide bonds. The molecule has 5 nitrogen and oxygen atoms in total. The van der Waals surface area contributed by atoms with Gasteiger partial charge in [-0.25, -0.2) is 0 Å². The molecule has 3 aromatic rings. The second kappa shape index (κ2) is 5.33. The maximum Gasteiger partial charge on any atom is 0.251 e. The van der Waals surface area contributed by atoms with Gasteiger partial charge in [-0.1, -0.05) is 18.2 Å². The van der Waals surface area contributed by atoms with Crippen LogP contribution in [0.25, 0.3) is 22.4 Å². The number of nitrogens with zero attached hydrogens (tertiary/aromatic N) is 2. The number of rotatable bonds is 6. The largest absolute Gasteiger partial charge is 0.463 e. The number of aromatic nitrogens is 2. The van der Waals surface area contributed by atoms with E-state index in [1.54, 1.807) is 6.26 Å². The van der Waals surface area contributed by atoms with Crippen molar-refractivity contribution in [3.05, 3.63) is 36.4 Å². The molecule has 1 N–H and O–H groups in total. The number of nitrogens with one attached hydrogen (secondary N) is 1. The van der Waals surface area contributed by atoms with Crippen molar-refractivity contribution in [2.24, 2.45) is 0 Å². The van der Waals surface area contributed by atoms with Crippen LogP contribution in [0.5, 0.6) is 0 Å². The van der Waals surface area contributed by atoms with E-state index < -0.39 is 0 Å². The van der Waals surface area contributed by atoms with Crippen LogP contribution in [0.2, 0.25) is 0 Å². The first-order chi connectivity index (χ1) is 10.4. The van der Waals surface area contributed by atoms with Gasteiger partial charge in [0.05, 0.1) is 5.56 Å². The van der Waals surface area contributed by atoms with Gasteiger partial charge in [0.25, 0.3) is 5.89 Å². The Balaban J connectivity index is 1.45. The van der Waals surface area contributed by atoms with Gasteiger partial charge in [-0.2, -0.15) is 0 Å². The number of aryl methyl sites for hydroxylation is 1. The summed E-state index contributed by atoms with van der Waals surface area (Å²) in [7, 11) is 0. The molecule has 0 bridgehead atoms. The van der Waals surface area contributed by atoms with E-state index in [1.165, 1.54) is 12.8 Å². The second-order valence-corrected chi connectivity index (χ2v) is 5.48. The second-order valence-electron chi connectivity index (χ2n) is 5.48. The summed E-state index contributed by atoms with van der Waals surface area (Å²) in [4.78, 5) is 0. The normalized spacial score (nSPS) is 14.9. The minimum atomic E-state index is 0.533. The van der Waals surface area contributed by atoms with E-state index in [1.807, 2.05) is 24.3 Å². The third kappa shape index (κ3) is 2.69. The van der Waals surface area contributed by atoms with Crippen LogP contribution in [0, 0.1) is 0 Å². The first-order valence-corrected chi connectivity index (χ1v) is 7.42. The molecule has 1 aromatic carbocycles. The number of para-hydroxylation sites is 1. The topological polar surface area (TPSA) is 64.1 Å². The Labute approximate surface area is 122 Å². The first-order valence-electron chi connectivity index (χ1n) is 7.42. The standard InChI is InChI=1S/C16H17N3O2/c1-2-5-14-12(4-1)13(10-20-14)16-19-18-15(21-16)6-3-9-17-11-7-8-11/h1-2,4-5,10-11,17H,3,6-9H2. The van der Waals surface area contributed by atoms with E-state index >= 15 is 0 Å². The summed E-state index contributed by atoms with van der Waals surface area (Å²) in [6.07, 6.45) is 6.14. The quantitative estimate of drug-likeness (QED) is 0.704. The molecule has 1 fully saturated rings. The molecule has 5 heteroatoms. The van der Waals surface area contributed by atoms with Gasteiger partial charge in [0.1, 0.15) is 11.8 Å². The lowest BCUT2D eigenvalue weighted by molar-refractivity contribution is 0.490. The zero-order valence-corrected chi connectivity index (χ0v) is 11.7. The maximum atomic E-state index is 5.75. The average Bonchev–Trinajstić information content (AvgIpc) is 3.06. The van der Waals surface area contributed by atoms with E-state index in [0.29, 0.717) is 11.8 Å². The minimum Gasteiger partial charge on any atom is -0.463 e. The predicted octanol–water partition coefficient (Wildman–Crippen LogP) is 3.17. The molecular formula is C16H17N3O2. The van der Waals surface area contributed by atoms with Crippen molar-refractivity contribution in [2.75, 3.05) is 6.54 Å². The third-order valence-corrected chi connectivity index (χ3v) is 3.76. The van der Waals surface area contributed by atoms with Gasteiger partial charge in [0.2, 0.25) is 5.89 Å². The smallest absolute Gasteiger partial charge is 0.251 e. The van der Waals surface area contributed by atoms with Crippen molar-refractivity contribution in [3.63, 3.8) is 0 Å². The molecule has 4 rings (SSSR count). The highest BCUT2D eigenvalue weighted by Crippen LogP contribution is 2.29. The van der Waals surface area contributed by atoms with E-state index in [9.17, 15) is 0 Å². The molecule has 1 aliphatic carbocycles. The molecule has 2 aromatic heterocycles. The summed E-state index contributed by atoms with van der Waals surface area (Å²) >= 11 is 0. The molecule has 0 atom stereocenters. The van der Waals surface area contributed by atoms with Gasteiger partial charge in [-0.3, -0.25) is 0 Å². The monoisotopic (exact) mass is 283 g/mol. The van der Waals surface area contributed by atoms with E-state index in [2.05, 4.69) is 15.5 Å². The van der Waals surface area contributed by atoms with Crippen LogP contribution in [-0.2, 0) is 6.42 Å². The Morgan fingerprint density at radius 3 is 3.00 bits per heavy atom. The van der Waals surface area contributed by atoms with Crippen LogP contribution in [0.1, 0.15) is 25.2 Å². The fraction of sp³-hybridized carbons (Fsp3) is 0.375. The van der Waals surface area contributed by atoms with Crippen molar-refractivity contribution in [2.45, 2.75) is 31.7 Å². The highest BCUT2D eigenvalue weighted by molar-refractivity contribution is 5.91. The Hall–Kier alpha value is -2.14. The zero-order chi connectivity index (χ0) is 14.1. The fourth-order valence-electron chi connectivity index (χ4n) is 2.44. The van der Waals surface area contributed by atoms with Crippen LogP contribution in [0.4, 0.5) is 0 Å². The van der Waals surface area contributed by atoms with Crippen LogP contribution >= 0.6 is 0 Å². The molecule has 0 aliphatic heterocycles. The number of hydrogen-bond acceptors (Lipinski definition) is 5. The lowest BCUT2D eigenvalue weighted by atomic mass is 10.2. The molecule has 0 saturated heterocycles. The lowest BCUT2D eigenvalue weighted by Crippen LogP contribution is -2.17. The first kappa shape index (κ1) is 12.6. The SMILES string of the molecule is c1ccc2c(-c3nnc(CCCNC4CC4)o3)coc2c1. The van der Waals surface area contributed by atoms with Gasteiger partial charge in [0, 0.05) is 17.8 Å². The molecule has 21 heavy (non-hydrogen) atoms. The Morgan fingerprint density at radius 1 is 1.19 bits per heavy atom. The number of benzene rings is 1. The van der Waals surface area contributed by atoms with Gasteiger partial charge in [-0.15, -0.1) is 10.2 Å². The summed E-state index contributed by atoms with van der Waals surface area (Å²) in [5.74, 6) is 1.22. The van der Waals surface area contributed by atoms with Crippen LogP contribution in [-0.4, -0.2) is 22.8 Å². The fourth-order valence-corrected chi connectivity index (χ4v) is 2.44. The Kier molecular flexibility index (Phi) is 3.20. The molecule has 0 unspecified atom stereocenters. The van der Waals surface area contributed by atoms with Crippen LogP contribution in [0.3, 0.4) is 0 Å². The summed E-state index contributed by atoms with van der Waals surface area (Å²) < 4.78 is 11.3. The summed E-state index contributed by atoms with van der Waals surface area (Å²) in [5.41, 5.74) is 1.70. The Bertz CT molecular complexity index is 743. The van der Waals surface area contributed by atoms with Crippen molar-refractivity contribution in [1.82, 2.24) is 15.5 Å². The summed E-state index contributed by atoms with van der Waals surface area (Å²) in [6.45, 7) is 1.01. The lowest BCUT2D eigenvalue weighted by Gasteiger charge is -1.99. The maximum absolute atomic E-state index is 5.75. The molecule has 0 spiro atoms. The number of fused-ring (bicyclic) bond motifs is 1. The highest BCUT2D eigenvalue weighted by atomic mass is 16.4. The van der Waals surface area contributed by atoms with Gasteiger partial charge < -0.3 is 14.2 Å². The highest BCUT2D eigenvalue weighted by Gasteiger charge is 2.19. The average molecular weight is 283 g/mol. The van der Waals surface area contributed by atoms with E-state index in [-0.39, 0.29) is 0 Å². The van der Waals surface area contributed by atoms with Gasteiger partial charge in [-0.05, 0) is 31.9 Å². The zero-order valence-electron chi connectivity index (χ0n) is 11.7. The Morgan fingerprint density at radius 2 is 2.10 bits per heavy atom. The van der Waals surface area contributed by atoms with Crippen LogP contribution in [0.15, 0.2) is 39.4 Å². The van der Waals surface area contributed by atoms with E-state index in [4.69, 9.17) is 8.83 Å². The van der Waals surface area contributed by atoms with E-state index in [0.717, 1.165) is 42.0 Å². The number of hydrogen-bond donors (Lipinski definition) is 1. The summed E-state index contributed by atoms with van der Waals surface area (Å²) in [6, 6.07) is 8.60. The van der Waals surface area contributed by atoms with Gasteiger partial charge >= 0.3 is 0 Å². The van der Waals surface area contributed by atoms with Gasteiger partial charge in [0.15, 0.2) is 0 Å². The van der Waals surface area contributed by atoms with Crippen molar-refractivity contribution in [1.29, 1.82) is 0 Å². The molecule has 1 aliphatic rings. The third-order valence-electron chi connectivity index (χ3n) is 3.76. The van der Waals surface area contributed by atoms with Crippen molar-refractivity contribution >= 4 is 11.0 Å². The predicted molar refractivity (Wildman–Crippen MR) is 78.9 cm³/mol. The van der Waals surface area contributed by atoms with Crippen molar-refractivity contribution < 1.29 is 8.83 Å². The molecule has 108 valence electrons. The van der Waals surface area contributed by atoms with Crippen molar-refractivity contribution in [3.8, 4) is 11.5 Å². The molecule has 1 saturated carbocycles. The minimum absolute atomic E-state index is 0.533. The molecular weight excluding hydrogens is 266 g/mol. The molecule has 0 radical (unpaired) electrons. The molecule has 2 heterocycles. The van der Waals surface area contributed by atoms with Crippen LogP contribution < -0.4 is 5.32 Å². The summed E-state index contributed by atoms with van der Waals surface area (Å²) in [5, 5.41) is 12.7.